The Bertz CT molecular complexity index is 281. The van der Waals surface area contributed by atoms with Gasteiger partial charge < -0.3 is 10.4 Å². The van der Waals surface area contributed by atoms with E-state index in [1.807, 2.05) is 0 Å². The molecule has 0 aromatic rings. The highest BCUT2D eigenvalue weighted by molar-refractivity contribution is 5.80. The van der Waals surface area contributed by atoms with Crippen molar-refractivity contribution in [2.24, 2.45) is 0 Å². The van der Waals surface area contributed by atoms with E-state index in [0.717, 1.165) is 25.7 Å². The summed E-state index contributed by atoms with van der Waals surface area (Å²) in [6.07, 6.45) is 20.4. The van der Waals surface area contributed by atoms with Gasteiger partial charge in [0.05, 0.1) is 0 Å². The minimum Gasteiger partial charge on any atom is -0.383 e. The number of rotatable bonds is 19. The first-order valence-electron chi connectivity index (χ1n) is 11.2. The summed E-state index contributed by atoms with van der Waals surface area (Å²) in [6.45, 7) is 5.05. The van der Waals surface area contributed by atoms with Crippen molar-refractivity contribution in [3.8, 4) is 0 Å². The van der Waals surface area contributed by atoms with Crippen LogP contribution in [0.3, 0.4) is 0 Å². The lowest BCUT2D eigenvalue weighted by atomic mass is 10.0. The molecule has 0 aliphatic rings. The maximum atomic E-state index is 11.6. The number of amides is 1. The molecule has 150 valence electrons. The van der Waals surface area contributed by atoms with Gasteiger partial charge in [0.2, 0.25) is 5.91 Å². The fourth-order valence-corrected chi connectivity index (χ4v) is 3.17. The summed E-state index contributed by atoms with van der Waals surface area (Å²) in [6, 6.07) is 0. The number of carbonyl (C=O) groups excluding carboxylic acids is 1. The molecule has 0 radical (unpaired) electrons. The second-order valence-electron chi connectivity index (χ2n) is 7.55. The summed E-state index contributed by atoms with van der Waals surface area (Å²) in [4.78, 5) is 11.6. The molecule has 1 amide bonds. The van der Waals surface area contributed by atoms with E-state index in [2.05, 4.69) is 19.2 Å². The Morgan fingerprint density at radius 3 is 1.52 bits per heavy atom. The fourth-order valence-electron chi connectivity index (χ4n) is 3.17. The number of hydrogen-bond acceptors (Lipinski definition) is 2. The van der Waals surface area contributed by atoms with E-state index >= 15 is 0 Å². The summed E-state index contributed by atoms with van der Waals surface area (Å²) in [5.41, 5.74) is 0. The lowest BCUT2D eigenvalue weighted by Gasteiger charge is -2.10. The fraction of sp³-hybridized carbons (Fsp3) is 0.955. The molecule has 3 heteroatoms. The predicted molar refractivity (Wildman–Crippen MR) is 109 cm³/mol. The van der Waals surface area contributed by atoms with Crippen LogP contribution < -0.4 is 5.32 Å². The molecule has 0 saturated heterocycles. The molecule has 0 spiro atoms. The largest absolute Gasteiger partial charge is 0.383 e. The molecule has 1 unspecified atom stereocenters. The van der Waals surface area contributed by atoms with Gasteiger partial charge in [-0.2, -0.15) is 0 Å². The van der Waals surface area contributed by atoms with Crippen LogP contribution in [-0.4, -0.2) is 23.7 Å². The highest BCUT2D eigenvalue weighted by atomic mass is 16.3. The van der Waals surface area contributed by atoms with Gasteiger partial charge in [0.15, 0.2) is 0 Å². The average molecular weight is 356 g/mol. The minimum atomic E-state index is -0.811. The van der Waals surface area contributed by atoms with Crippen molar-refractivity contribution in [2.45, 2.75) is 129 Å². The molecular formula is C22H45NO2. The first-order chi connectivity index (χ1) is 12.2. The van der Waals surface area contributed by atoms with Gasteiger partial charge >= 0.3 is 0 Å². The van der Waals surface area contributed by atoms with E-state index in [-0.39, 0.29) is 5.91 Å². The van der Waals surface area contributed by atoms with E-state index in [1.54, 1.807) is 0 Å². The molecular weight excluding hydrogens is 310 g/mol. The van der Waals surface area contributed by atoms with Crippen molar-refractivity contribution in [1.29, 1.82) is 0 Å². The quantitative estimate of drug-likeness (QED) is 0.274. The number of hydrogen-bond donors (Lipinski definition) is 2. The van der Waals surface area contributed by atoms with Crippen molar-refractivity contribution in [2.75, 3.05) is 6.54 Å². The molecule has 0 bridgehead atoms. The van der Waals surface area contributed by atoms with Crippen molar-refractivity contribution in [3.63, 3.8) is 0 Å². The van der Waals surface area contributed by atoms with E-state index in [4.69, 9.17) is 0 Å². The van der Waals surface area contributed by atoms with Crippen LogP contribution in [0.15, 0.2) is 0 Å². The smallest absolute Gasteiger partial charge is 0.248 e. The van der Waals surface area contributed by atoms with Crippen LogP contribution in [0.25, 0.3) is 0 Å². The molecule has 1 atom stereocenters. The molecule has 25 heavy (non-hydrogen) atoms. The van der Waals surface area contributed by atoms with Gasteiger partial charge in [-0.15, -0.1) is 0 Å². The van der Waals surface area contributed by atoms with Crippen LogP contribution in [0, 0.1) is 0 Å². The molecule has 0 aliphatic carbocycles. The zero-order valence-corrected chi connectivity index (χ0v) is 17.2. The summed E-state index contributed by atoms with van der Waals surface area (Å²) < 4.78 is 0. The third kappa shape index (κ3) is 18.0. The number of nitrogens with one attached hydrogen (secondary N) is 1. The van der Waals surface area contributed by atoms with Crippen molar-refractivity contribution in [3.05, 3.63) is 0 Å². The average Bonchev–Trinajstić information content (AvgIpc) is 2.61. The molecule has 0 fully saturated rings. The lowest BCUT2D eigenvalue weighted by molar-refractivity contribution is -0.129. The Kier molecular flexibility index (Phi) is 19.3. The molecule has 2 N–H and O–H groups in total. The van der Waals surface area contributed by atoms with E-state index in [0.29, 0.717) is 13.0 Å². The molecule has 0 aromatic heterocycles. The monoisotopic (exact) mass is 355 g/mol. The Morgan fingerprint density at radius 2 is 1.08 bits per heavy atom. The van der Waals surface area contributed by atoms with Gasteiger partial charge in [0, 0.05) is 6.54 Å². The number of unbranched alkanes of at least 4 members (excludes halogenated alkanes) is 14. The lowest BCUT2D eigenvalue weighted by Crippen LogP contribution is -2.35. The van der Waals surface area contributed by atoms with Gasteiger partial charge in [-0.1, -0.05) is 110 Å². The highest BCUT2D eigenvalue weighted by Gasteiger charge is 2.13. The maximum Gasteiger partial charge on any atom is 0.248 e. The van der Waals surface area contributed by atoms with Crippen molar-refractivity contribution >= 4 is 5.91 Å². The topological polar surface area (TPSA) is 49.3 Å². The van der Waals surface area contributed by atoms with Gasteiger partial charge in [-0.3, -0.25) is 4.79 Å². The van der Waals surface area contributed by atoms with Crippen molar-refractivity contribution in [1.82, 2.24) is 5.32 Å². The highest BCUT2D eigenvalue weighted by Crippen LogP contribution is 2.13. The van der Waals surface area contributed by atoms with Crippen LogP contribution in [0.5, 0.6) is 0 Å². The standard InChI is InChI=1S/C22H45NO2/c1-3-5-7-8-9-10-11-12-13-14-15-16-17-18-19-21(24)22(25)23-20-6-4-2/h21,24H,3-20H2,1-2H3,(H,23,25). The van der Waals surface area contributed by atoms with E-state index in [9.17, 15) is 9.90 Å². The van der Waals surface area contributed by atoms with Crippen LogP contribution in [0.2, 0.25) is 0 Å². The predicted octanol–water partition coefficient (Wildman–Crippen LogP) is 6.14. The van der Waals surface area contributed by atoms with Crippen LogP contribution in [0.1, 0.15) is 123 Å². The Labute approximate surface area is 157 Å². The number of carbonyl (C=O) groups is 1. The van der Waals surface area contributed by atoms with Crippen LogP contribution in [0.4, 0.5) is 0 Å². The zero-order chi connectivity index (χ0) is 18.6. The summed E-state index contributed by atoms with van der Waals surface area (Å²) >= 11 is 0. The third-order valence-corrected chi connectivity index (χ3v) is 4.96. The summed E-state index contributed by atoms with van der Waals surface area (Å²) in [7, 11) is 0. The molecule has 0 heterocycles. The van der Waals surface area contributed by atoms with E-state index in [1.165, 1.54) is 77.0 Å². The van der Waals surface area contributed by atoms with Gasteiger partial charge in [0.25, 0.3) is 0 Å². The summed E-state index contributed by atoms with van der Waals surface area (Å²) in [5.74, 6) is -0.192. The van der Waals surface area contributed by atoms with Crippen LogP contribution >= 0.6 is 0 Å². The Hall–Kier alpha value is -0.570. The van der Waals surface area contributed by atoms with Crippen LogP contribution in [-0.2, 0) is 4.79 Å². The molecule has 0 rings (SSSR count). The molecule has 0 saturated carbocycles. The maximum absolute atomic E-state index is 11.6. The second kappa shape index (κ2) is 19.8. The van der Waals surface area contributed by atoms with Gasteiger partial charge in [-0.25, -0.2) is 0 Å². The molecule has 3 nitrogen and oxygen atoms in total. The minimum absolute atomic E-state index is 0.192. The first kappa shape index (κ1) is 24.4. The summed E-state index contributed by atoms with van der Waals surface area (Å²) in [5, 5.41) is 12.6. The second-order valence-corrected chi connectivity index (χ2v) is 7.55. The Balaban J connectivity index is 3.21. The number of aliphatic hydroxyl groups is 1. The van der Waals surface area contributed by atoms with Crippen molar-refractivity contribution < 1.29 is 9.90 Å². The Morgan fingerprint density at radius 1 is 0.680 bits per heavy atom. The zero-order valence-electron chi connectivity index (χ0n) is 17.2. The van der Waals surface area contributed by atoms with E-state index < -0.39 is 6.10 Å². The SMILES string of the molecule is CCCCCCCCCCCCCCCCC(O)C(=O)NCCCC. The van der Waals surface area contributed by atoms with Gasteiger partial charge in [0.1, 0.15) is 6.10 Å². The first-order valence-corrected chi connectivity index (χ1v) is 11.2. The van der Waals surface area contributed by atoms with Gasteiger partial charge in [-0.05, 0) is 12.8 Å². The number of aliphatic hydroxyl groups excluding tert-OH is 1. The molecule has 0 aromatic carbocycles. The third-order valence-electron chi connectivity index (χ3n) is 4.96. The normalized spacial score (nSPS) is 12.3. The molecule has 0 aliphatic heterocycles.